The van der Waals surface area contributed by atoms with E-state index in [1.807, 2.05) is 18.3 Å². The van der Waals surface area contributed by atoms with Crippen LogP contribution in [-0.4, -0.2) is 44.2 Å². The molecular weight excluding hydrogens is 402 g/mol. The lowest BCUT2D eigenvalue weighted by Crippen LogP contribution is -2.38. The number of carbonyl (C=O) groups excluding carboxylic acids is 1. The molecule has 0 saturated heterocycles. The monoisotopic (exact) mass is 437 g/mol. The summed E-state index contributed by atoms with van der Waals surface area (Å²) in [6.07, 6.45) is 9.48. The molecule has 4 rings (SSSR count). The van der Waals surface area contributed by atoms with E-state index in [0.29, 0.717) is 18.9 Å². The Morgan fingerprint density at radius 3 is 2.62 bits per heavy atom. The molecule has 3 heterocycles. The molecular formula is C24H35N7O. The topological polar surface area (TPSA) is 101 Å². The second kappa shape index (κ2) is 10.7. The highest BCUT2D eigenvalue weighted by Crippen LogP contribution is 2.26. The summed E-state index contributed by atoms with van der Waals surface area (Å²) in [4.78, 5) is 16.7. The van der Waals surface area contributed by atoms with Crippen LogP contribution in [-0.2, 0) is 11.2 Å². The van der Waals surface area contributed by atoms with Gasteiger partial charge in [-0.2, -0.15) is 0 Å². The van der Waals surface area contributed by atoms with E-state index in [0.717, 1.165) is 48.1 Å². The van der Waals surface area contributed by atoms with Crippen LogP contribution in [0.15, 0.2) is 30.5 Å². The van der Waals surface area contributed by atoms with Crippen molar-refractivity contribution in [2.75, 3.05) is 13.1 Å². The molecule has 8 heteroatoms. The highest BCUT2D eigenvalue weighted by Gasteiger charge is 2.30. The van der Waals surface area contributed by atoms with Crippen LogP contribution in [0.5, 0.6) is 0 Å². The molecule has 172 valence electrons. The van der Waals surface area contributed by atoms with Crippen LogP contribution >= 0.6 is 0 Å². The molecule has 3 aromatic rings. The molecule has 32 heavy (non-hydrogen) atoms. The van der Waals surface area contributed by atoms with Gasteiger partial charge in [0.2, 0.25) is 5.91 Å². The van der Waals surface area contributed by atoms with Gasteiger partial charge < -0.3 is 15.6 Å². The zero-order chi connectivity index (χ0) is 22.3. The van der Waals surface area contributed by atoms with Gasteiger partial charge in [-0.15, -0.1) is 5.10 Å². The van der Waals surface area contributed by atoms with E-state index in [-0.39, 0.29) is 11.9 Å². The van der Waals surface area contributed by atoms with E-state index in [1.54, 1.807) is 4.68 Å². The number of benzene rings is 1. The van der Waals surface area contributed by atoms with Gasteiger partial charge in [0.05, 0.1) is 6.04 Å². The minimum atomic E-state index is -0.507. The third-order valence-corrected chi connectivity index (χ3v) is 6.42. The first-order valence-corrected chi connectivity index (χ1v) is 12.0. The van der Waals surface area contributed by atoms with Gasteiger partial charge in [0.25, 0.3) is 0 Å². The Morgan fingerprint density at radius 2 is 1.81 bits per heavy atom. The van der Waals surface area contributed by atoms with Crippen molar-refractivity contribution in [3.05, 3.63) is 41.9 Å². The minimum Gasteiger partial charge on any atom is -0.361 e. The lowest BCUT2D eigenvalue weighted by Gasteiger charge is -2.24. The van der Waals surface area contributed by atoms with Crippen molar-refractivity contribution in [3.63, 3.8) is 0 Å². The number of tetrazole rings is 1. The summed E-state index contributed by atoms with van der Waals surface area (Å²) < 4.78 is 1.74. The number of para-hydroxylation sites is 1. The summed E-state index contributed by atoms with van der Waals surface area (Å²) >= 11 is 0. The molecule has 1 aromatic carbocycles. The summed E-state index contributed by atoms with van der Waals surface area (Å²) in [6.45, 7) is 5.95. The number of H-pyrrole nitrogens is 1. The molecule has 3 N–H and O–H groups in total. The van der Waals surface area contributed by atoms with Gasteiger partial charge in [0.1, 0.15) is 6.04 Å². The smallest absolute Gasteiger partial charge is 0.245 e. The number of nitrogens with zero attached hydrogens (tertiary/aromatic N) is 4. The van der Waals surface area contributed by atoms with Crippen LogP contribution in [0.3, 0.4) is 0 Å². The second-order valence-corrected chi connectivity index (χ2v) is 9.15. The van der Waals surface area contributed by atoms with Crippen LogP contribution in [0.1, 0.15) is 75.8 Å². The quantitative estimate of drug-likeness (QED) is 0.580. The summed E-state index contributed by atoms with van der Waals surface area (Å²) in [6, 6.07) is 7.66. The van der Waals surface area contributed by atoms with Crippen molar-refractivity contribution in [1.82, 2.24) is 35.8 Å². The number of hydrogen-bond donors (Lipinski definition) is 3. The first kappa shape index (κ1) is 22.5. The lowest BCUT2D eigenvalue weighted by molar-refractivity contribution is -0.124. The van der Waals surface area contributed by atoms with Gasteiger partial charge in [-0.05, 0) is 47.4 Å². The van der Waals surface area contributed by atoms with Crippen molar-refractivity contribution in [2.24, 2.45) is 5.92 Å². The Kier molecular flexibility index (Phi) is 7.52. The zero-order valence-electron chi connectivity index (χ0n) is 19.2. The standard InChI is InChI=1S/C24H35N7O/c1-17(2)22-23-28-29-30-31(23)21(15-18-16-27-20-12-8-7-11-19(18)20)24(32)26-14-10-6-4-3-5-9-13-25-22/h7-8,11-12,16-17,21-22,25,27H,3-6,9-10,13-15H2,1-2H3,(H,26,32). The van der Waals surface area contributed by atoms with E-state index in [1.165, 1.54) is 19.3 Å². The molecule has 1 amide bonds. The number of carbonyl (C=O) groups is 1. The van der Waals surface area contributed by atoms with Crippen molar-refractivity contribution >= 4 is 16.8 Å². The molecule has 0 radical (unpaired) electrons. The molecule has 0 aliphatic carbocycles. The Morgan fingerprint density at radius 1 is 1.06 bits per heavy atom. The summed E-state index contributed by atoms with van der Waals surface area (Å²) in [7, 11) is 0. The van der Waals surface area contributed by atoms with Crippen molar-refractivity contribution in [3.8, 4) is 0 Å². The highest BCUT2D eigenvalue weighted by molar-refractivity contribution is 5.85. The first-order valence-electron chi connectivity index (χ1n) is 12.0. The fourth-order valence-corrected chi connectivity index (χ4v) is 4.60. The number of rotatable bonds is 3. The maximum atomic E-state index is 13.4. The minimum absolute atomic E-state index is 0.00611. The molecule has 8 nitrogen and oxygen atoms in total. The largest absolute Gasteiger partial charge is 0.361 e. The van der Waals surface area contributed by atoms with Crippen molar-refractivity contribution in [2.45, 2.75) is 70.9 Å². The molecule has 0 spiro atoms. The number of nitrogens with one attached hydrogen (secondary N) is 3. The zero-order valence-corrected chi connectivity index (χ0v) is 19.2. The van der Waals surface area contributed by atoms with Crippen LogP contribution in [0, 0.1) is 5.92 Å². The fraction of sp³-hybridized carbons (Fsp3) is 0.583. The van der Waals surface area contributed by atoms with Crippen LogP contribution in [0.4, 0.5) is 0 Å². The van der Waals surface area contributed by atoms with E-state index in [9.17, 15) is 4.79 Å². The van der Waals surface area contributed by atoms with Crippen molar-refractivity contribution < 1.29 is 4.79 Å². The van der Waals surface area contributed by atoms with Crippen molar-refractivity contribution in [1.29, 1.82) is 0 Å². The molecule has 1 aliphatic rings. The number of aromatic amines is 1. The van der Waals surface area contributed by atoms with Gasteiger partial charge in [-0.25, -0.2) is 4.68 Å². The van der Waals surface area contributed by atoms with Gasteiger partial charge >= 0.3 is 0 Å². The lowest BCUT2D eigenvalue weighted by atomic mass is 10.0. The van der Waals surface area contributed by atoms with E-state index in [4.69, 9.17) is 0 Å². The van der Waals surface area contributed by atoms with Gasteiger partial charge in [0.15, 0.2) is 5.82 Å². The summed E-state index contributed by atoms with van der Waals surface area (Å²) in [5, 5.41) is 20.6. The third kappa shape index (κ3) is 5.18. The predicted molar refractivity (Wildman–Crippen MR) is 125 cm³/mol. The van der Waals surface area contributed by atoms with Gasteiger partial charge in [0, 0.05) is 30.1 Å². The average molecular weight is 438 g/mol. The molecule has 2 atom stereocenters. The SMILES string of the molecule is CC(C)C1NCCCCCCCCNC(=O)C(Cc2c[nH]c3ccccc23)n2nnnc21. The number of fused-ring (bicyclic) bond motifs is 2. The number of aromatic nitrogens is 5. The normalized spacial score (nSPS) is 21.7. The van der Waals surface area contributed by atoms with Crippen LogP contribution in [0.25, 0.3) is 10.9 Å². The maximum Gasteiger partial charge on any atom is 0.245 e. The molecule has 0 saturated carbocycles. The fourth-order valence-electron chi connectivity index (χ4n) is 4.60. The first-order chi connectivity index (χ1) is 15.6. The molecule has 0 bridgehead atoms. The second-order valence-electron chi connectivity index (χ2n) is 9.15. The summed E-state index contributed by atoms with van der Waals surface area (Å²) in [5.41, 5.74) is 2.16. The van der Waals surface area contributed by atoms with E-state index >= 15 is 0 Å². The molecule has 2 unspecified atom stereocenters. The van der Waals surface area contributed by atoms with Crippen LogP contribution < -0.4 is 10.6 Å². The molecule has 1 aliphatic heterocycles. The van der Waals surface area contributed by atoms with E-state index < -0.39 is 6.04 Å². The predicted octanol–water partition coefficient (Wildman–Crippen LogP) is 3.70. The van der Waals surface area contributed by atoms with E-state index in [2.05, 4.69) is 57.1 Å². The number of amides is 1. The molecule has 0 fully saturated rings. The van der Waals surface area contributed by atoms with Gasteiger partial charge in [-0.3, -0.25) is 4.79 Å². The average Bonchev–Trinajstić information content (AvgIpc) is 3.42. The summed E-state index contributed by atoms with van der Waals surface area (Å²) in [5.74, 6) is 1.00. The Bertz CT molecular complexity index is 1010. The Labute approximate surface area is 189 Å². The Balaban J connectivity index is 1.68. The van der Waals surface area contributed by atoms with Gasteiger partial charge in [-0.1, -0.05) is 57.7 Å². The highest BCUT2D eigenvalue weighted by atomic mass is 16.2. The molecule has 2 aromatic heterocycles. The van der Waals surface area contributed by atoms with Crippen LogP contribution in [0.2, 0.25) is 0 Å². The maximum absolute atomic E-state index is 13.4. The third-order valence-electron chi connectivity index (χ3n) is 6.42. The number of hydrogen-bond acceptors (Lipinski definition) is 5. The Hall–Kier alpha value is -2.74.